The lowest BCUT2D eigenvalue weighted by Crippen LogP contribution is -2.05. The van der Waals surface area contributed by atoms with Gasteiger partial charge in [-0.05, 0) is 19.1 Å². The maximum absolute atomic E-state index is 11.6. The van der Waals surface area contributed by atoms with E-state index in [9.17, 15) is 9.36 Å². The zero-order chi connectivity index (χ0) is 14.9. The largest absolute Gasteiger partial charge is 0.460 e. The lowest BCUT2D eigenvalue weighted by atomic mass is 10.3. The van der Waals surface area contributed by atoms with Crippen LogP contribution in [0.5, 0.6) is 0 Å². The molecule has 0 saturated carbocycles. The standard InChI is InChI=1S/C10H11N2O7P/c1-2-17-9(13)8-7(12-10(11)19-8)5-3-4-6(18-5)20(14,15)16/h3-4H,2H2,1H3,(H2,11,12)(H2,14,15,16). The quantitative estimate of drug-likeness (QED) is 0.541. The van der Waals surface area contributed by atoms with E-state index in [4.69, 9.17) is 29.1 Å². The van der Waals surface area contributed by atoms with Crippen LogP contribution in [-0.2, 0) is 9.30 Å². The number of furan rings is 1. The summed E-state index contributed by atoms with van der Waals surface area (Å²) in [7, 11) is -4.53. The first-order chi connectivity index (χ1) is 9.32. The lowest BCUT2D eigenvalue weighted by Gasteiger charge is -1.99. The van der Waals surface area contributed by atoms with Gasteiger partial charge in [0, 0.05) is 0 Å². The molecular weight excluding hydrogens is 291 g/mol. The number of nitrogens with two attached hydrogens (primary N) is 1. The molecule has 0 unspecified atom stereocenters. The van der Waals surface area contributed by atoms with E-state index in [2.05, 4.69) is 4.98 Å². The van der Waals surface area contributed by atoms with Crippen molar-refractivity contribution in [3.05, 3.63) is 17.9 Å². The zero-order valence-electron chi connectivity index (χ0n) is 10.3. The summed E-state index contributed by atoms with van der Waals surface area (Å²) in [4.78, 5) is 33.3. The second-order valence-electron chi connectivity index (χ2n) is 3.63. The lowest BCUT2D eigenvalue weighted by molar-refractivity contribution is 0.0492. The molecule has 0 spiro atoms. The Morgan fingerprint density at radius 2 is 2.15 bits per heavy atom. The van der Waals surface area contributed by atoms with Crippen molar-refractivity contribution >= 4 is 25.1 Å². The van der Waals surface area contributed by atoms with Crippen LogP contribution < -0.4 is 11.2 Å². The van der Waals surface area contributed by atoms with Crippen LogP contribution >= 0.6 is 7.60 Å². The van der Waals surface area contributed by atoms with Gasteiger partial charge in [-0.25, -0.2) is 4.79 Å². The van der Waals surface area contributed by atoms with E-state index in [1.165, 1.54) is 6.07 Å². The molecular formula is C10H11N2O7P. The van der Waals surface area contributed by atoms with E-state index >= 15 is 0 Å². The number of aromatic nitrogens is 1. The Hall–Kier alpha value is -2.09. The van der Waals surface area contributed by atoms with Crippen LogP contribution in [0.15, 0.2) is 21.0 Å². The molecule has 4 N–H and O–H groups in total. The van der Waals surface area contributed by atoms with Crippen LogP contribution in [0, 0.1) is 0 Å². The highest BCUT2D eigenvalue weighted by atomic mass is 31.2. The van der Waals surface area contributed by atoms with Gasteiger partial charge in [0.15, 0.2) is 11.5 Å². The first-order valence-electron chi connectivity index (χ1n) is 5.42. The molecule has 2 aromatic heterocycles. The molecule has 0 aliphatic rings. The minimum Gasteiger partial charge on any atom is -0.460 e. The maximum atomic E-state index is 11.6. The number of hydrogen-bond acceptors (Lipinski definition) is 7. The fraction of sp³-hybridized carbons (Fsp3) is 0.200. The molecule has 0 aliphatic heterocycles. The van der Waals surface area contributed by atoms with E-state index in [1.807, 2.05) is 0 Å². The van der Waals surface area contributed by atoms with Crippen molar-refractivity contribution in [2.24, 2.45) is 0 Å². The van der Waals surface area contributed by atoms with Crippen LogP contribution in [0.1, 0.15) is 17.5 Å². The molecule has 108 valence electrons. The van der Waals surface area contributed by atoms with Gasteiger partial charge in [-0.2, -0.15) is 4.98 Å². The average molecular weight is 302 g/mol. The van der Waals surface area contributed by atoms with E-state index in [0.29, 0.717) is 0 Å². The molecule has 9 nitrogen and oxygen atoms in total. The first-order valence-corrected chi connectivity index (χ1v) is 7.04. The SMILES string of the molecule is CCOC(=O)c1oc(N)nc1-c1ccc(P(=O)(O)O)o1. The van der Waals surface area contributed by atoms with Crippen molar-refractivity contribution in [3.8, 4) is 11.5 Å². The summed E-state index contributed by atoms with van der Waals surface area (Å²) in [5.74, 6) is -1.16. The van der Waals surface area contributed by atoms with Crippen LogP contribution in [0.3, 0.4) is 0 Å². The Bertz CT molecular complexity index is 684. The minimum absolute atomic E-state index is 0.0631. The minimum atomic E-state index is -4.53. The highest BCUT2D eigenvalue weighted by molar-refractivity contribution is 7.59. The van der Waals surface area contributed by atoms with Gasteiger partial charge in [0.25, 0.3) is 6.01 Å². The van der Waals surface area contributed by atoms with Crippen molar-refractivity contribution in [1.29, 1.82) is 0 Å². The van der Waals surface area contributed by atoms with Gasteiger partial charge < -0.3 is 29.1 Å². The molecule has 10 heteroatoms. The second-order valence-corrected chi connectivity index (χ2v) is 5.16. The summed E-state index contributed by atoms with van der Waals surface area (Å²) in [5.41, 5.74) is 4.73. The molecule has 2 heterocycles. The summed E-state index contributed by atoms with van der Waals surface area (Å²) in [6.07, 6.45) is 0. The predicted octanol–water partition coefficient (Wildman–Crippen LogP) is 0.496. The molecule has 0 radical (unpaired) electrons. The van der Waals surface area contributed by atoms with Crippen LogP contribution in [-0.4, -0.2) is 27.3 Å². The third-order valence-electron chi connectivity index (χ3n) is 2.22. The Balaban J connectivity index is 2.45. The molecule has 2 aromatic rings. The molecule has 0 fully saturated rings. The first kappa shape index (κ1) is 14.3. The molecule has 0 bridgehead atoms. The molecule has 0 aliphatic carbocycles. The van der Waals surface area contributed by atoms with Crippen LogP contribution in [0.25, 0.3) is 11.5 Å². The van der Waals surface area contributed by atoms with Crippen LogP contribution in [0.2, 0.25) is 0 Å². The normalized spacial score (nSPS) is 11.6. The Labute approximate surface area is 112 Å². The highest BCUT2D eigenvalue weighted by Gasteiger charge is 2.27. The van der Waals surface area contributed by atoms with Crippen molar-refractivity contribution in [2.75, 3.05) is 12.3 Å². The number of ether oxygens (including phenoxy) is 1. The number of carbonyl (C=O) groups is 1. The number of oxazole rings is 1. The highest BCUT2D eigenvalue weighted by Crippen LogP contribution is 2.36. The number of hydrogen-bond donors (Lipinski definition) is 3. The van der Waals surface area contributed by atoms with Crippen molar-refractivity contribution in [2.45, 2.75) is 6.92 Å². The predicted molar refractivity (Wildman–Crippen MR) is 66.3 cm³/mol. The van der Waals surface area contributed by atoms with E-state index < -0.39 is 19.1 Å². The second kappa shape index (κ2) is 5.12. The number of anilines is 1. The van der Waals surface area contributed by atoms with E-state index in [1.54, 1.807) is 6.92 Å². The van der Waals surface area contributed by atoms with Gasteiger partial charge in [-0.3, -0.25) is 4.57 Å². The van der Waals surface area contributed by atoms with Crippen molar-refractivity contribution < 1.29 is 32.7 Å². The summed E-state index contributed by atoms with van der Waals surface area (Å²) in [5, 5.41) is 0. The van der Waals surface area contributed by atoms with Crippen LogP contribution in [0.4, 0.5) is 6.01 Å². The van der Waals surface area contributed by atoms with E-state index in [0.717, 1.165) is 6.07 Å². The fourth-order valence-electron chi connectivity index (χ4n) is 1.45. The van der Waals surface area contributed by atoms with Gasteiger partial charge in [-0.1, -0.05) is 0 Å². The number of rotatable bonds is 4. The Morgan fingerprint density at radius 1 is 1.45 bits per heavy atom. The van der Waals surface area contributed by atoms with Gasteiger partial charge in [0.05, 0.1) is 6.61 Å². The molecule has 0 atom stereocenters. The van der Waals surface area contributed by atoms with Gasteiger partial charge in [0.2, 0.25) is 11.3 Å². The number of nitrogen functional groups attached to an aromatic ring is 1. The molecule has 0 aromatic carbocycles. The number of nitrogens with zero attached hydrogens (tertiary/aromatic N) is 1. The average Bonchev–Trinajstić information content (AvgIpc) is 2.94. The molecule has 20 heavy (non-hydrogen) atoms. The van der Waals surface area contributed by atoms with Gasteiger partial charge >= 0.3 is 13.6 Å². The summed E-state index contributed by atoms with van der Waals surface area (Å²) >= 11 is 0. The number of esters is 1. The number of carbonyl (C=O) groups excluding carboxylic acids is 1. The monoisotopic (exact) mass is 302 g/mol. The van der Waals surface area contributed by atoms with Crippen molar-refractivity contribution in [3.63, 3.8) is 0 Å². The molecule has 2 rings (SSSR count). The maximum Gasteiger partial charge on any atom is 0.391 e. The van der Waals surface area contributed by atoms with Crippen molar-refractivity contribution in [1.82, 2.24) is 4.98 Å². The van der Waals surface area contributed by atoms with E-state index in [-0.39, 0.29) is 29.8 Å². The third kappa shape index (κ3) is 2.74. The smallest absolute Gasteiger partial charge is 0.391 e. The molecule has 0 amide bonds. The zero-order valence-corrected chi connectivity index (χ0v) is 11.2. The molecule has 0 saturated heterocycles. The van der Waals surface area contributed by atoms with Gasteiger partial charge in [-0.15, -0.1) is 0 Å². The fourth-order valence-corrected chi connectivity index (χ4v) is 1.94. The van der Waals surface area contributed by atoms with Gasteiger partial charge in [0.1, 0.15) is 0 Å². The summed E-state index contributed by atoms with van der Waals surface area (Å²) in [6, 6.07) is 2.03. The Kier molecular flexibility index (Phi) is 3.67. The summed E-state index contributed by atoms with van der Waals surface area (Å²) < 4.78 is 25.7. The summed E-state index contributed by atoms with van der Waals surface area (Å²) in [6.45, 7) is 1.72. The topological polar surface area (TPSA) is 149 Å². The Morgan fingerprint density at radius 3 is 2.70 bits per heavy atom. The third-order valence-corrected chi connectivity index (χ3v) is 3.03.